The smallest absolute Gasteiger partial charge is 0.335 e. The molecule has 1 aliphatic heterocycles. The lowest BCUT2D eigenvalue weighted by Crippen LogP contribution is -2.44. The van der Waals surface area contributed by atoms with Crippen LogP contribution >= 0.6 is 0 Å². The van der Waals surface area contributed by atoms with Crippen LogP contribution in [0.1, 0.15) is 40.1 Å². The van der Waals surface area contributed by atoms with Crippen molar-refractivity contribution in [3.8, 4) is 11.3 Å². The van der Waals surface area contributed by atoms with Crippen molar-refractivity contribution in [1.29, 1.82) is 0 Å². The number of ether oxygens (including phenoxy) is 1. The molecule has 0 radical (unpaired) electrons. The van der Waals surface area contributed by atoms with Gasteiger partial charge in [-0.15, -0.1) is 0 Å². The molecule has 222 valence electrons. The Balaban J connectivity index is 2.22. The number of aliphatic hydroxyl groups is 2. The summed E-state index contributed by atoms with van der Waals surface area (Å²) in [6.07, 6.45) is -0.227. The summed E-state index contributed by atoms with van der Waals surface area (Å²) in [5.41, 5.74) is 0.563. The number of benzene rings is 1. The lowest BCUT2D eigenvalue weighted by molar-refractivity contribution is -0.145. The summed E-state index contributed by atoms with van der Waals surface area (Å²) in [5.74, 6) is -4.74. The van der Waals surface area contributed by atoms with Gasteiger partial charge in [0.25, 0.3) is 5.91 Å². The summed E-state index contributed by atoms with van der Waals surface area (Å²) in [6, 6.07) is 4.15. The number of rotatable bonds is 15. The zero-order valence-electron chi connectivity index (χ0n) is 22.2. The van der Waals surface area contributed by atoms with Crippen LogP contribution < -0.4 is 15.1 Å². The Morgan fingerprint density at radius 1 is 0.951 bits per heavy atom. The first kappa shape index (κ1) is 31.2. The second-order valence-corrected chi connectivity index (χ2v) is 9.15. The molecule has 41 heavy (non-hydrogen) atoms. The van der Waals surface area contributed by atoms with Gasteiger partial charge in [0.1, 0.15) is 11.7 Å². The average molecular weight is 576 g/mol. The van der Waals surface area contributed by atoms with E-state index in [0.29, 0.717) is 44.7 Å². The number of aromatic nitrogens is 2. The number of aliphatic hydroxyl groups excluding tert-OH is 2. The molecule has 1 fully saturated rings. The Kier molecular flexibility index (Phi) is 11.3. The molecule has 2 aromatic rings. The Bertz CT molecular complexity index is 1230. The third-order valence-electron chi connectivity index (χ3n) is 6.24. The lowest BCUT2D eigenvalue weighted by atomic mass is 10.1. The van der Waals surface area contributed by atoms with E-state index in [0.717, 1.165) is 0 Å². The number of carboxylic acids is 3. The number of anilines is 2. The summed E-state index contributed by atoms with van der Waals surface area (Å²) in [4.78, 5) is 60.7. The number of hydrogen-bond acceptors (Lipinski definition) is 11. The van der Waals surface area contributed by atoms with Gasteiger partial charge in [-0.05, 0) is 25.0 Å². The van der Waals surface area contributed by atoms with Crippen LogP contribution in [0, 0.1) is 0 Å². The average Bonchev–Trinajstić information content (AvgIpc) is 2.96. The van der Waals surface area contributed by atoms with Crippen molar-refractivity contribution in [2.45, 2.75) is 25.3 Å². The number of nitrogens with zero attached hydrogens (tertiary/aromatic N) is 4. The monoisotopic (exact) mass is 575 g/mol. The van der Waals surface area contributed by atoms with Gasteiger partial charge < -0.3 is 45.4 Å². The van der Waals surface area contributed by atoms with E-state index in [1.165, 1.54) is 12.1 Å². The third kappa shape index (κ3) is 8.33. The summed E-state index contributed by atoms with van der Waals surface area (Å²) >= 11 is 0. The van der Waals surface area contributed by atoms with Crippen molar-refractivity contribution in [3.05, 3.63) is 35.5 Å². The molecule has 0 spiro atoms. The molecule has 0 unspecified atom stereocenters. The number of carbonyl (C=O) groups is 4. The van der Waals surface area contributed by atoms with Crippen LogP contribution in [0.25, 0.3) is 11.3 Å². The molecular weight excluding hydrogens is 542 g/mol. The third-order valence-corrected chi connectivity index (χ3v) is 6.24. The number of carbonyl (C=O) groups excluding carboxylic acids is 1. The molecule has 1 aromatic carbocycles. The maximum Gasteiger partial charge on any atom is 0.335 e. The Labute approximate surface area is 235 Å². The predicted octanol–water partition coefficient (Wildman–Crippen LogP) is -0.0927. The minimum absolute atomic E-state index is 0.0446. The number of carboxylic acid groups (broad SMARTS) is 3. The quantitative estimate of drug-likeness (QED) is 0.163. The van der Waals surface area contributed by atoms with E-state index in [1.807, 2.05) is 0 Å². The fraction of sp³-hybridized carbons (Fsp3) is 0.462. The largest absolute Gasteiger partial charge is 0.481 e. The van der Waals surface area contributed by atoms with E-state index >= 15 is 0 Å². The first-order valence-corrected chi connectivity index (χ1v) is 13.0. The van der Waals surface area contributed by atoms with Crippen molar-refractivity contribution >= 4 is 35.5 Å². The van der Waals surface area contributed by atoms with Crippen molar-refractivity contribution in [3.63, 3.8) is 0 Å². The van der Waals surface area contributed by atoms with Crippen LogP contribution in [-0.4, -0.2) is 118 Å². The maximum absolute atomic E-state index is 13.5. The van der Waals surface area contributed by atoms with Gasteiger partial charge in [-0.3, -0.25) is 9.59 Å². The topological polar surface area (TPSA) is 223 Å². The number of morpholine rings is 1. The van der Waals surface area contributed by atoms with Crippen LogP contribution in [0.4, 0.5) is 11.6 Å². The van der Waals surface area contributed by atoms with E-state index < -0.39 is 36.3 Å². The molecule has 0 saturated carbocycles. The molecule has 1 saturated heterocycles. The van der Waals surface area contributed by atoms with Crippen molar-refractivity contribution < 1.29 is 49.4 Å². The van der Waals surface area contributed by atoms with Crippen LogP contribution in [-0.2, 0) is 14.3 Å². The fourth-order valence-electron chi connectivity index (χ4n) is 4.20. The standard InChI is InChI=1S/C26H33N5O10/c32-11-1-7-30(8-2-12-33)22-20(16-3-5-17(6-4-16)25(37)38)28-23(31-9-13-41-14-10-31)21(29-22)24(36)27-18(26(39)40)15-19(34)35/h3-6,18,32-33H,1-2,7-15H2,(H,27,36)(H,34,35)(H,37,38)(H,39,40)/t18-/m1/s1. The molecule has 1 atom stereocenters. The Morgan fingerprint density at radius 2 is 1.56 bits per heavy atom. The number of aromatic carboxylic acids is 1. The zero-order chi connectivity index (χ0) is 29.9. The highest BCUT2D eigenvalue weighted by Crippen LogP contribution is 2.33. The summed E-state index contributed by atoms with van der Waals surface area (Å²) in [7, 11) is 0. The molecule has 2 heterocycles. The van der Waals surface area contributed by atoms with E-state index in [4.69, 9.17) is 14.8 Å². The molecule has 1 aromatic heterocycles. The van der Waals surface area contributed by atoms with E-state index in [2.05, 4.69) is 10.3 Å². The van der Waals surface area contributed by atoms with E-state index in [9.17, 15) is 39.6 Å². The van der Waals surface area contributed by atoms with Gasteiger partial charge in [0, 0.05) is 45.0 Å². The van der Waals surface area contributed by atoms with Gasteiger partial charge in [0.05, 0.1) is 25.2 Å². The van der Waals surface area contributed by atoms with Crippen LogP contribution in [0.3, 0.4) is 0 Å². The Morgan fingerprint density at radius 3 is 2.07 bits per heavy atom. The predicted molar refractivity (Wildman–Crippen MR) is 144 cm³/mol. The van der Waals surface area contributed by atoms with Crippen LogP contribution in [0.2, 0.25) is 0 Å². The second kappa shape index (κ2) is 14.9. The molecule has 15 nitrogen and oxygen atoms in total. The number of aliphatic carboxylic acids is 2. The number of nitrogens with one attached hydrogen (secondary N) is 1. The normalized spacial score (nSPS) is 13.9. The number of amides is 1. The second-order valence-electron chi connectivity index (χ2n) is 9.15. The SMILES string of the molecule is O=C(O)C[C@@H](NC(=O)c1nc(N(CCCO)CCCO)c(-c2ccc(C(=O)O)cc2)nc1N1CCOCC1)C(=O)O. The highest BCUT2D eigenvalue weighted by molar-refractivity contribution is 6.00. The van der Waals surface area contributed by atoms with Gasteiger partial charge in [-0.1, -0.05) is 12.1 Å². The minimum Gasteiger partial charge on any atom is -0.481 e. The zero-order valence-corrected chi connectivity index (χ0v) is 22.2. The van der Waals surface area contributed by atoms with Crippen LogP contribution in [0.5, 0.6) is 0 Å². The molecule has 6 N–H and O–H groups in total. The van der Waals surface area contributed by atoms with Crippen molar-refractivity contribution in [2.24, 2.45) is 0 Å². The first-order valence-electron chi connectivity index (χ1n) is 13.0. The fourth-order valence-corrected chi connectivity index (χ4v) is 4.20. The van der Waals surface area contributed by atoms with Gasteiger partial charge >= 0.3 is 17.9 Å². The molecular formula is C26H33N5O10. The number of hydrogen-bond donors (Lipinski definition) is 6. The molecule has 0 bridgehead atoms. The van der Waals surface area contributed by atoms with Gasteiger partial charge in [-0.25, -0.2) is 19.6 Å². The minimum atomic E-state index is -1.73. The van der Waals surface area contributed by atoms with E-state index in [-0.39, 0.29) is 54.9 Å². The molecule has 1 aliphatic rings. The molecule has 15 heteroatoms. The van der Waals surface area contributed by atoms with E-state index in [1.54, 1.807) is 21.9 Å². The highest BCUT2D eigenvalue weighted by atomic mass is 16.5. The van der Waals surface area contributed by atoms with Gasteiger partial charge in [-0.2, -0.15) is 0 Å². The maximum atomic E-state index is 13.5. The van der Waals surface area contributed by atoms with Crippen molar-refractivity contribution in [1.82, 2.24) is 15.3 Å². The Hall–Kier alpha value is -4.34. The first-order chi connectivity index (χ1) is 19.7. The van der Waals surface area contributed by atoms with Gasteiger partial charge in [0.15, 0.2) is 17.3 Å². The molecule has 3 rings (SSSR count). The van der Waals surface area contributed by atoms with Gasteiger partial charge in [0.2, 0.25) is 0 Å². The summed E-state index contributed by atoms with van der Waals surface area (Å²) < 4.78 is 5.42. The molecule has 1 amide bonds. The summed E-state index contributed by atoms with van der Waals surface area (Å²) in [5, 5.41) is 49.1. The van der Waals surface area contributed by atoms with Crippen molar-refractivity contribution in [2.75, 3.05) is 62.4 Å². The lowest BCUT2D eigenvalue weighted by Gasteiger charge is -2.31. The molecule has 0 aliphatic carbocycles. The summed E-state index contributed by atoms with van der Waals surface area (Å²) in [6.45, 7) is 1.54. The highest BCUT2D eigenvalue weighted by Gasteiger charge is 2.30. The van der Waals surface area contributed by atoms with Crippen LogP contribution in [0.15, 0.2) is 24.3 Å².